The number of aromatic nitrogens is 2. The minimum atomic E-state index is 0.180. The second kappa shape index (κ2) is 3.99. The Morgan fingerprint density at radius 3 is 2.54 bits per heavy atom. The van der Waals surface area contributed by atoms with E-state index < -0.39 is 0 Å². The number of hydrogen-bond acceptors (Lipinski definition) is 5. The molecule has 1 aromatic heterocycles. The van der Waals surface area contributed by atoms with Crippen molar-refractivity contribution >= 4 is 17.2 Å². The molecule has 0 atom stereocenters. The van der Waals surface area contributed by atoms with Gasteiger partial charge in [0, 0.05) is 6.07 Å². The Morgan fingerprint density at radius 1 is 1.38 bits per heavy atom. The maximum absolute atomic E-state index is 5.39. The molecule has 0 saturated heterocycles. The van der Waals surface area contributed by atoms with Crippen LogP contribution in [0.3, 0.4) is 0 Å². The summed E-state index contributed by atoms with van der Waals surface area (Å²) in [6, 6.07) is 1.73. The Bertz CT molecular complexity index is 307. The average Bonchev–Trinajstić information content (AvgIpc) is 2.16. The highest BCUT2D eigenvalue weighted by atomic mass is 32.1. The number of nitrogens with two attached hydrogens (primary N) is 1. The van der Waals surface area contributed by atoms with Gasteiger partial charge >= 0.3 is 6.01 Å². The molecule has 0 fully saturated rings. The fourth-order valence-corrected chi connectivity index (χ4v) is 0.830. The summed E-state index contributed by atoms with van der Waals surface area (Å²) in [5, 5.41) is 0. The molecule has 0 amide bonds. The molecule has 70 valence electrons. The van der Waals surface area contributed by atoms with Crippen molar-refractivity contribution < 1.29 is 9.47 Å². The largest absolute Gasteiger partial charge is 0.481 e. The van der Waals surface area contributed by atoms with E-state index in [-0.39, 0.29) is 11.0 Å². The van der Waals surface area contributed by atoms with Crippen molar-refractivity contribution in [2.24, 2.45) is 5.73 Å². The van der Waals surface area contributed by atoms with Crippen LogP contribution in [-0.2, 0) is 0 Å². The van der Waals surface area contributed by atoms with Gasteiger partial charge in [-0.05, 0) is 0 Å². The Balaban J connectivity index is 3.14. The van der Waals surface area contributed by atoms with E-state index in [4.69, 9.17) is 27.4 Å². The van der Waals surface area contributed by atoms with E-state index in [1.165, 1.54) is 14.2 Å². The first-order chi connectivity index (χ1) is 6.17. The van der Waals surface area contributed by atoms with Crippen molar-refractivity contribution in [3.05, 3.63) is 11.8 Å². The number of rotatable bonds is 3. The third-order valence-electron chi connectivity index (χ3n) is 1.33. The van der Waals surface area contributed by atoms with Crippen molar-refractivity contribution in [2.45, 2.75) is 0 Å². The van der Waals surface area contributed by atoms with Crippen LogP contribution in [0.2, 0.25) is 0 Å². The molecule has 0 aliphatic carbocycles. The van der Waals surface area contributed by atoms with Gasteiger partial charge in [-0.15, -0.1) is 0 Å². The summed E-state index contributed by atoms with van der Waals surface area (Å²) < 4.78 is 9.73. The molecule has 0 spiro atoms. The van der Waals surface area contributed by atoms with Gasteiger partial charge in [0.2, 0.25) is 5.88 Å². The molecule has 5 nitrogen and oxygen atoms in total. The molecule has 13 heavy (non-hydrogen) atoms. The maximum Gasteiger partial charge on any atom is 0.320 e. The summed E-state index contributed by atoms with van der Waals surface area (Å²) in [4.78, 5) is 7.98. The van der Waals surface area contributed by atoms with Crippen LogP contribution < -0.4 is 15.2 Å². The lowest BCUT2D eigenvalue weighted by Gasteiger charge is -2.04. The normalized spacial score (nSPS) is 9.38. The molecular formula is C7H9N3O2S. The van der Waals surface area contributed by atoms with Crippen molar-refractivity contribution in [1.29, 1.82) is 0 Å². The molecule has 0 radical (unpaired) electrons. The minimum Gasteiger partial charge on any atom is -0.481 e. The highest BCUT2D eigenvalue weighted by Crippen LogP contribution is 2.12. The predicted octanol–water partition coefficient (Wildman–Crippen LogP) is 0.128. The lowest BCUT2D eigenvalue weighted by molar-refractivity contribution is 0.351. The van der Waals surface area contributed by atoms with Gasteiger partial charge in [0.1, 0.15) is 10.7 Å². The molecule has 2 N–H and O–H groups in total. The van der Waals surface area contributed by atoms with E-state index >= 15 is 0 Å². The second-order valence-electron chi connectivity index (χ2n) is 2.15. The molecule has 1 aromatic rings. The topological polar surface area (TPSA) is 70.3 Å². The first-order valence-corrected chi connectivity index (χ1v) is 3.85. The summed E-state index contributed by atoms with van der Waals surface area (Å²) in [5.41, 5.74) is 5.82. The molecule has 1 heterocycles. The zero-order valence-electron chi connectivity index (χ0n) is 7.27. The highest BCUT2D eigenvalue weighted by molar-refractivity contribution is 7.80. The molecule has 0 aliphatic rings. The van der Waals surface area contributed by atoms with Crippen molar-refractivity contribution in [3.63, 3.8) is 0 Å². The zero-order chi connectivity index (χ0) is 9.84. The maximum atomic E-state index is 5.39. The zero-order valence-corrected chi connectivity index (χ0v) is 8.09. The average molecular weight is 199 g/mol. The standard InChI is InChI=1S/C7H9N3O2S/c1-11-5-3-4(6(8)13)9-7(10-5)12-2/h3H,1-2H3,(H2,8,13). The Labute approximate surface area is 80.9 Å². The van der Waals surface area contributed by atoms with Crippen LogP contribution in [0.4, 0.5) is 0 Å². The third kappa shape index (κ3) is 2.25. The van der Waals surface area contributed by atoms with Gasteiger partial charge in [-0.25, -0.2) is 0 Å². The first kappa shape index (κ1) is 9.66. The van der Waals surface area contributed by atoms with E-state index in [0.29, 0.717) is 11.6 Å². The van der Waals surface area contributed by atoms with Gasteiger partial charge in [-0.3, -0.25) is 0 Å². The van der Waals surface area contributed by atoms with E-state index in [0.717, 1.165) is 0 Å². The van der Waals surface area contributed by atoms with Gasteiger partial charge in [0.15, 0.2) is 0 Å². The summed E-state index contributed by atoms with van der Waals surface area (Å²) in [6.45, 7) is 0. The van der Waals surface area contributed by atoms with Crippen LogP contribution >= 0.6 is 12.2 Å². The summed E-state index contributed by atoms with van der Waals surface area (Å²) >= 11 is 4.75. The quantitative estimate of drug-likeness (QED) is 0.698. The van der Waals surface area contributed by atoms with Crippen LogP contribution in [0, 0.1) is 0 Å². The van der Waals surface area contributed by atoms with Crippen LogP contribution in [0.25, 0.3) is 0 Å². The van der Waals surface area contributed by atoms with Gasteiger partial charge < -0.3 is 15.2 Å². The SMILES string of the molecule is COc1cc(C(N)=S)nc(OC)n1. The fraction of sp³-hybridized carbons (Fsp3) is 0.286. The van der Waals surface area contributed by atoms with Crippen LogP contribution in [0.5, 0.6) is 11.9 Å². The summed E-state index contributed by atoms with van der Waals surface area (Å²) in [5.74, 6) is 0.370. The number of methoxy groups -OCH3 is 2. The highest BCUT2D eigenvalue weighted by Gasteiger charge is 2.06. The van der Waals surface area contributed by atoms with Crippen LogP contribution in [-0.4, -0.2) is 29.2 Å². The van der Waals surface area contributed by atoms with Crippen molar-refractivity contribution in [2.75, 3.05) is 14.2 Å². The smallest absolute Gasteiger partial charge is 0.320 e. The van der Waals surface area contributed by atoms with Gasteiger partial charge in [-0.2, -0.15) is 9.97 Å². The number of nitrogens with zero attached hydrogens (tertiary/aromatic N) is 2. The predicted molar refractivity (Wildman–Crippen MR) is 51.0 cm³/mol. The van der Waals surface area contributed by atoms with Gasteiger partial charge in [0.25, 0.3) is 0 Å². The fourth-order valence-electron chi connectivity index (χ4n) is 0.726. The summed E-state index contributed by atoms with van der Waals surface area (Å²) in [6.07, 6.45) is 0. The Hall–Kier alpha value is -1.43. The van der Waals surface area contributed by atoms with Crippen LogP contribution in [0.15, 0.2) is 6.07 Å². The molecule has 0 aliphatic heterocycles. The number of hydrogen-bond donors (Lipinski definition) is 1. The lowest BCUT2D eigenvalue weighted by atomic mass is 10.4. The molecule has 1 rings (SSSR count). The minimum absolute atomic E-state index is 0.180. The second-order valence-corrected chi connectivity index (χ2v) is 2.59. The molecule has 6 heteroatoms. The van der Waals surface area contributed by atoms with E-state index in [9.17, 15) is 0 Å². The monoisotopic (exact) mass is 199 g/mol. The van der Waals surface area contributed by atoms with E-state index in [1.54, 1.807) is 6.07 Å². The molecule has 0 saturated carbocycles. The molecule has 0 bridgehead atoms. The van der Waals surface area contributed by atoms with Crippen LogP contribution in [0.1, 0.15) is 5.69 Å². The van der Waals surface area contributed by atoms with Gasteiger partial charge in [0.05, 0.1) is 14.2 Å². The third-order valence-corrected chi connectivity index (χ3v) is 1.54. The summed E-state index contributed by atoms with van der Waals surface area (Å²) in [7, 11) is 2.95. The number of ether oxygens (including phenoxy) is 2. The van der Waals surface area contributed by atoms with Crippen molar-refractivity contribution in [3.8, 4) is 11.9 Å². The first-order valence-electron chi connectivity index (χ1n) is 3.44. The molecular weight excluding hydrogens is 190 g/mol. The Kier molecular flexibility index (Phi) is 2.97. The van der Waals surface area contributed by atoms with E-state index in [2.05, 4.69) is 9.97 Å². The van der Waals surface area contributed by atoms with Crippen molar-refractivity contribution in [1.82, 2.24) is 9.97 Å². The molecule has 0 unspecified atom stereocenters. The number of thiocarbonyl (C=S) groups is 1. The molecule has 0 aromatic carbocycles. The van der Waals surface area contributed by atoms with Gasteiger partial charge in [-0.1, -0.05) is 12.2 Å². The Morgan fingerprint density at radius 2 is 2.08 bits per heavy atom. The lowest BCUT2D eigenvalue weighted by Crippen LogP contribution is -2.13. The van der Waals surface area contributed by atoms with E-state index in [1.807, 2.05) is 0 Å².